The zero-order chi connectivity index (χ0) is 13.9. The molecule has 1 heterocycles. The maximum absolute atomic E-state index is 12.4. The van der Waals surface area contributed by atoms with Gasteiger partial charge in [-0.05, 0) is 36.1 Å². The van der Waals surface area contributed by atoms with Crippen molar-refractivity contribution in [3.05, 3.63) is 59.7 Å². The number of para-hydroxylation sites is 2. The summed E-state index contributed by atoms with van der Waals surface area (Å²) in [4.78, 5) is 14.1. The maximum Gasteiger partial charge on any atom is 0.245 e. The molecule has 0 bridgehead atoms. The molecule has 3 nitrogen and oxygen atoms in total. The first-order valence-electron chi connectivity index (χ1n) is 6.67. The highest BCUT2D eigenvalue weighted by atomic mass is 16.2. The first-order valence-corrected chi connectivity index (χ1v) is 6.67. The van der Waals surface area contributed by atoms with E-state index in [0.29, 0.717) is 0 Å². The van der Waals surface area contributed by atoms with Gasteiger partial charge in [0.15, 0.2) is 0 Å². The van der Waals surface area contributed by atoms with Gasteiger partial charge >= 0.3 is 0 Å². The van der Waals surface area contributed by atoms with Crippen molar-refractivity contribution >= 4 is 17.3 Å². The van der Waals surface area contributed by atoms with Crippen LogP contribution in [0.1, 0.15) is 17.5 Å². The minimum Gasteiger partial charge on any atom is -0.280 e. The molecule has 3 rings (SSSR count). The van der Waals surface area contributed by atoms with Crippen molar-refractivity contribution in [2.75, 3.05) is 4.90 Å². The van der Waals surface area contributed by atoms with Crippen LogP contribution in [0, 0.1) is 11.3 Å². The summed E-state index contributed by atoms with van der Waals surface area (Å²) in [5.41, 5.74) is 4.10. The molecule has 1 amide bonds. The molecule has 0 fully saturated rings. The third kappa shape index (κ3) is 2.06. The second-order valence-electron chi connectivity index (χ2n) is 4.82. The summed E-state index contributed by atoms with van der Waals surface area (Å²) in [6.45, 7) is 0. The molecule has 2 aromatic rings. The Labute approximate surface area is 118 Å². The van der Waals surface area contributed by atoms with Crippen LogP contribution in [0.5, 0.6) is 0 Å². The molecule has 0 aliphatic carbocycles. The Morgan fingerprint density at radius 2 is 1.50 bits per heavy atom. The number of carbonyl (C=O) groups excluding carboxylic acids is 1. The quantitative estimate of drug-likeness (QED) is 0.791. The number of rotatable bonds is 1. The molecule has 2 aromatic carbocycles. The molecule has 3 heteroatoms. The fraction of sp³-hybridized carbons (Fsp3) is 0.176. The minimum absolute atomic E-state index is 0.108. The van der Waals surface area contributed by atoms with Crippen molar-refractivity contribution in [1.29, 1.82) is 5.26 Å². The van der Waals surface area contributed by atoms with E-state index in [-0.39, 0.29) is 12.3 Å². The van der Waals surface area contributed by atoms with E-state index in [1.165, 1.54) is 0 Å². The third-order valence-electron chi connectivity index (χ3n) is 3.61. The predicted octanol–water partition coefficient (Wildman–Crippen LogP) is 3.36. The Hall–Kier alpha value is -2.60. The van der Waals surface area contributed by atoms with Crippen molar-refractivity contribution in [1.82, 2.24) is 0 Å². The van der Waals surface area contributed by atoms with E-state index in [0.717, 1.165) is 35.3 Å². The van der Waals surface area contributed by atoms with Crippen LogP contribution in [-0.4, -0.2) is 5.91 Å². The van der Waals surface area contributed by atoms with Crippen molar-refractivity contribution < 1.29 is 4.79 Å². The molecule has 0 atom stereocenters. The fourth-order valence-corrected chi connectivity index (χ4v) is 2.70. The number of fused-ring (bicyclic) bond motifs is 2. The lowest BCUT2D eigenvalue weighted by atomic mass is 10.0. The molecule has 0 aromatic heterocycles. The molecule has 20 heavy (non-hydrogen) atoms. The molecule has 0 N–H and O–H groups in total. The second kappa shape index (κ2) is 5.18. The monoisotopic (exact) mass is 262 g/mol. The molecule has 0 saturated carbocycles. The van der Waals surface area contributed by atoms with Crippen LogP contribution < -0.4 is 4.90 Å². The van der Waals surface area contributed by atoms with Crippen LogP contribution in [0.4, 0.5) is 11.4 Å². The second-order valence-corrected chi connectivity index (χ2v) is 4.82. The normalized spacial score (nSPS) is 12.8. The number of anilines is 2. The zero-order valence-corrected chi connectivity index (χ0v) is 11.0. The highest BCUT2D eigenvalue weighted by Crippen LogP contribution is 2.36. The number of aryl methyl sites for hydroxylation is 2. The number of amides is 1. The Morgan fingerprint density at radius 3 is 2.00 bits per heavy atom. The van der Waals surface area contributed by atoms with Crippen molar-refractivity contribution in [2.24, 2.45) is 0 Å². The van der Waals surface area contributed by atoms with E-state index in [9.17, 15) is 4.79 Å². The lowest BCUT2D eigenvalue weighted by Crippen LogP contribution is -2.26. The summed E-state index contributed by atoms with van der Waals surface area (Å²) in [7, 11) is 0. The van der Waals surface area contributed by atoms with Gasteiger partial charge in [0, 0.05) is 0 Å². The average Bonchev–Trinajstić information content (AvgIpc) is 2.64. The Balaban J connectivity index is 2.19. The third-order valence-corrected chi connectivity index (χ3v) is 3.61. The van der Waals surface area contributed by atoms with E-state index in [1.54, 1.807) is 4.90 Å². The minimum atomic E-state index is -0.172. The van der Waals surface area contributed by atoms with E-state index in [1.807, 2.05) is 54.6 Å². The first-order chi connectivity index (χ1) is 9.81. The van der Waals surface area contributed by atoms with E-state index in [2.05, 4.69) is 0 Å². The molecule has 0 saturated heterocycles. The fourth-order valence-electron chi connectivity index (χ4n) is 2.70. The summed E-state index contributed by atoms with van der Waals surface area (Å²) in [6.07, 6.45) is 1.70. The molecule has 98 valence electrons. The lowest BCUT2D eigenvalue weighted by molar-refractivity contribution is -0.117. The van der Waals surface area contributed by atoms with Crippen LogP contribution in [0.15, 0.2) is 48.5 Å². The average molecular weight is 262 g/mol. The van der Waals surface area contributed by atoms with Gasteiger partial charge in [0.05, 0.1) is 17.4 Å². The largest absolute Gasteiger partial charge is 0.280 e. The maximum atomic E-state index is 12.4. The summed E-state index contributed by atoms with van der Waals surface area (Å²) in [6, 6.07) is 17.8. The SMILES string of the molecule is N#CCC(=O)N1c2ccccc2CCc2ccccc21. The molecule has 0 radical (unpaired) electrons. The van der Waals surface area contributed by atoms with Crippen molar-refractivity contribution in [3.8, 4) is 6.07 Å². The van der Waals surface area contributed by atoms with Gasteiger partial charge in [-0.2, -0.15) is 5.26 Å². The summed E-state index contributed by atoms with van der Waals surface area (Å²) in [5.74, 6) is -0.172. The van der Waals surface area contributed by atoms with Gasteiger partial charge in [0.25, 0.3) is 0 Å². The Bertz CT molecular complexity index is 653. The number of nitrogens with zero attached hydrogens (tertiary/aromatic N) is 2. The van der Waals surface area contributed by atoms with Gasteiger partial charge < -0.3 is 0 Å². The van der Waals surface area contributed by atoms with E-state index < -0.39 is 0 Å². The summed E-state index contributed by atoms with van der Waals surface area (Å²) in [5, 5.41) is 8.84. The van der Waals surface area contributed by atoms with Crippen molar-refractivity contribution in [3.63, 3.8) is 0 Å². The smallest absolute Gasteiger partial charge is 0.245 e. The van der Waals surface area contributed by atoms with Gasteiger partial charge in [-0.25, -0.2) is 0 Å². The number of benzene rings is 2. The van der Waals surface area contributed by atoms with Crippen LogP contribution in [0.2, 0.25) is 0 Å². The lowest BCUT2D eigenvalue weighted by Gasteiger charge is -2.24. The Morgan fingerprint density at radius 1 is 1.00 bits per heavy atom. The highest BCUT2D eigenvalue weighted by Gasteiger charge is 2.24. The number of nitriles is 1. The summed E-state index contributed by atoms with van der Waals surface area (Å²) < 4.78 is 0. The molecule has 1 aliphatic rings. The molecule has 0 spiro atoms. The molecule has 0 unspecified atom stereocenters. The van der Waals surface area contributed by atoms with Crippen LogP contribution in [0.25, 0.3) is 0 Å². The number of hydrogen-bond donors (Lipinski definition) is 0. The number of hydrogen-bond acceptors (Lipinski definition) is 2. The van der Waals surface area contributed by atoms with Crippen LogP contribution in [-0.2, 0) is 17.6 Å². The summed E-state index contributed by atoms with van der Waals surface area (Å²) >= 11 is 0. The van der Waals surface area contributed by atoms with Crippen LogP contribution in [0.3, 0.4) is 0 Å². The predicted molar refractivity (Wildman–Crippen MR) is 77.7 cm³/mol. The molecular weight excluding hydrogens is 248 g/mol. The highest BCUT2D eigenvalue weighted by molar-refractivity contribution is 6.03. The van der Waals surface area contributed by atoms with Crippen molar-refractivity contribution in [2.45, 2.75) is 19.3 Å². The molecule has 1 aliphatic heterocycles. The zero-order valence-electron chi connectivity index (χ0n) is 11.0. The van der Waals surface area contributed by atoms with E-state index >= 15 is 0 Å². The van der Waals surface area contributed by atoms with Gasteiger partial charge in [-0.1, -0.05) is 36.4 Å². The first kappa shape index (κ1) is 12.4. The van der Waals surface area contributed by atoms with Gasteiger partial charge in [-0.15, -0.1) is 0 Å². The van der Waals surface area contributed by atoms with Gasteiger partial charge in [0.1, 0.15) is 6.42 Å². The number of carbonyl (C=O) groups is 1. The topological polar surface area (TPSA) is 44.1 Å². The standard InChI is InChI=1S/C17H14N2O/c18-12-11-17(20)19-15-7-3-1-5-13(15)9-10-14-6-2-4-8-16(14)19/h1-8H,9-11H2. The van der Waals surface area contributed by atoms with Crippen LogP contribution >= 0.6 is 0 Å². The van der Waals surface area contributed by atoms with Gasteiger partial charge in [-0.3, -0.25) is 9.69 Å². The van der Waals surface area contributed by atoms with E-state index in [4.69, 9.17) is 5.26 Å². The molecular formula is C17H14N2O. The van der Waals surface area contributed by atoms with Gasteiger partial charge in [0.2, 0.25) is 5.91 Å². The Kier molecular flexibility index (Phi) is 3.22.